The van der Waals surface area contributed by atoms with Gasteiger partial charge in [0.05, 0.1) is 4.90 Å². The summed E-state index contributed by atoms with van der Waals surface area (Å²) < 4.78 is 28.1. The van der Waals surface area contributed by atoms with Gasteiger partial charge in [-0.2, -0.15) is 0 Å². The largest absolute Gasteiger partial charge is 0.492 e. The zero-order chi connectivity index (χ0) is 17.0. The van der Waals surface area contributed by atoms with E-state index in [2.05, 4.69) is 10.2 Å². The number of ether oxygens (including phenoxy) is 1. The van der Waals surface area contributed by atoms with Gasteiger partial charge in [0.1, 0.15) is 12.4 Å². The first-order valence-electron chi connectivity index (χ1n) is 8.74. The van der Waals surface area contributed by atoms with Crippen molar-refractivity contribution in [3.05, 3.63) is 24.3 Å². The molecule has 0 aromatic heterocycles. The van der Waals surface area contributed by atoms with Crippen molar-refractivity contribution >= 4 is 10.0 Å². The third kappa shape index (κ3) is 4.69. The summed E-state index contributed by atoms with van der Waals surface area (Å²) in [5.74, 6) is 1.50. The van der Waals surface area contributed by atoms with E-state index in [1.807, 2.05) is 0 Å². The van der Waals surface area contributed by atoms with Gasteiger partial charge in [0.15, 0.2) is 0 Å². The third-order valence-corrected chi connectivity index (χ3v) is 6.06. The number of likely N-dealkylation sites (tertiary alicyclic amines) is 1. The number of hydrogen-bond acceptors (Lipinski definition) is 5. The normalized spacial score (nSPS) is 23.5. The Morgan fingerprint density at radius 2 is 1.88 bits per heavy atom. The van der Waals surface area contributed by atoms with Crippen LogP contribution in [0.15, 0.2) is 29.2 Å². The summed E-state index contributed by atoms with van der Waals surface area (Å²) in [7, 11) is -3.64. The molecule has 1 aromatic rings. The first-order chi connectivity index (χ1) is 11.5. The first kappa shape index (κ1) is 17.7. The third-order valence-electron chi connectivity index (χ3n) is 5.13. The van der Waals surface area contributed by atoms with Crippen molar-refractivity contribution in [3.8, 4) is 5.75 Å². The van der Waals surface area contributed by atoms with Gasteiger partial charge in [0, 0.05) is 12.6 Å². The van der Waals surface area contributed by atoms with Crippen LogP contribution in [-0.2, 0) is 10.0 Å². The highest BCUT2D eigenvalue weighted by molar-refractivity contribution is 7.89. The highest BCUT2D eigenvalue weighted by Crippen LogP contribution is 2.25. The van der Waals surface area contributed by atoms with Crippen LogP contribution in [0, 0.1) is 5.92 Å². The molecule has 3 N–H and O–H groups in total. The molecule has 3 rings (SSSR count). The molecule has 2 aliphatic heterocycles. The molecule has 1 aromatic carbocycles. The monoisotopic (exact) mass is 353 g/mol. The van der Waals surface area contributed by atoms with E-state index in [0.29, 0.717) is 12.4 Å². The second-order valence-electron chi connectivity index (χ2n) is 6.75. The summed E-state index contributed by atoms with van der Waals surface area (Å²) in [5.41, 5.74) is 0. The van der Waals surface area contributed by atoms with Crippen molar-refractivity contribution in [2.24, 2.45) is 11.1 Å². The Labute approximate surface area is 144 Å². The molecule has 0 bridgehead atoms. The zero-order valence-electron chi connectivity index (χ0n) is 14.0. The first-order valence-corrected chi connectivity index (χ1v) is 10.3. The number of hydrogen-bond donors (Lipinski definition) is 2. The van der Waals surface area contributed by atoms with Crippen molar-refractivity contribution in [3.63, 3.8) is 0 Å². The standard InChI is InChI=1S/C17H27N3O3S/c18-24(21,22)16-5-3-15(4-6-16)23-13-12-20-10-7-14(8-11-20)17-2-1-9-19-17/h3-6,14,17,19H,1-2,7-13H2,(H2,18,21,22). The molecule has 2 aliphatic rings. The van der Waals surface area contributed by atoms with Crippen molar-refractivity contribution < 1.29 is 13.2 Å². The van der Waals surface area contributed by atoms with Gasteiger partial charge in [-0.25, -0.2) is 13.6 Å². The molecule has 2 fully saturated rings. The average molecular weight is 353 g/mol. The van der Waals surface area contributed by atoms with Crippen LogP contribution < -0.4 is 15.2 Å². The maximum absolute atomic E-state index is 11.2. The summed E-state index contributed by atoms with van der Waals surface area (Å²) >= 11 is 0. The Kier molecular flexibility index (Phi) is 5.76. The molecule has 0 saturated carbocycles. The van der Waals surface area contributed by atoms with Crippen molar-refractivity contribution in [1.29, 1.82) is 0 Å². The smallest absolute Gasteiger partial charge is 0.238 e. The van der Waals surface area contributed by atoms with E-state index in [1.54, 1.807) is 12.1 Å². The zero-order valence-corrected chi connectivity index (χ0v) is 14.8. The highest BCUT2D eigenvalue weighted by Gasteiger charge is 2.28. The molecule has 24 heavy (non-hydrogen) atoms. The number of benzene rings is 1. The SMILES string of the molecule is NS(=O)(=O)c1ccc(OCCN2CCC(C3CCCN3)CC2)cc1. The molecule has 0 spiro atoms. The molecule has 1 unspecified atom stereocenters. The molecule has 2 saturated heterocycles. The van der Waals surface area contributed by atoms with Gasteiger partial charge in [0.25, 0.3) is 0 Å². The Hall–Kier alpha value is -1.15. The predicted octanol–water partition coefficient (Wildman–Crippen LogP) is 1.18. The minimum Gasteiger partial charge on any atom is -0.492 e. The molecule has 1 atom stereocenters. The molecular weight excluding hydrogens is 326 g/mol. The number of nitrogens with zero attached hydrogens (tertiary/aromatic N) is 1. The summed E-state index contributed by atoms with van der Waals surface area (Å²) in [6, 6.07) is 6.99. The Morgan fingerprint density at radius 3 is 2.46 bits per heavy atom. The van der Waals surface area contributed by atoms with E-state index < -0.39 is 10.0 Å². The summed E-state index contributed by atoms with van der Waals surface area (Å²) in [5, 5.41) is 8.71. The Bertz CT molecular complexity index is 619. The molecule has 0 amide bonds. The van der Waals surface area contributed by atoms with E-state index in [0.717, 1.165) is 31.6 Å². The van der Waals surface area contributed by atoms with Gasteiger partial charge in [-0.3, -0.25) is 4.90 Å². The van der Waals surface area contributed by atoms with Crippen molar-refractivity contribution in [2.45, 2.75) is 36.6 Å². The van der Waals surface area contributed by atoms with Gasteiger partial charge in [-0.05, 0) is 75.5 Å². The summed E-state index contributed by atoms with van der Waals surface area (Å²) in [6.07, 6.45) is 5.19. The Balaban J connectivity index is 1.38. The summed E-state index contributed by atoms with van der Waals surface area (Å²) in [6.45, 7) is 4.97. The van der Waals surface area contributed by atoms with Crippen LogP contribution in [0.3, 0.4) is 0 Å². The number of rotatable bonds is 6. The van der Waals surface area contributed by atoms with E-state index in [4.69, 9.17) is 9.88 Å². The number of nitrogens with two attached hydrogens (primary N) is 1. The average Bonchev–Trinajstić information content (AvgIpc) is 3.10. The van der Waals surface area contributed by atoms with E-state index in [-0.39, 0.29) is 4.90 Å². The lowest BCUT2D eigenvalue weighted by Crippen LogP contribution is -2.42. The number of primary sulfonamides is 1. The van der Waals surface area contributed by atoms with Gasteiger partial charge >= 0.3 is 0 Å². The fourth-order valence-electron chi connectivity index (χ4n) is 3.71. The van der Waals surface area contributed by atoms with Gasteiger partial charge in [-0.1, -0.05) is 0 Å². The molecule has 7 heteroatoms. The predicted molar refractivity (Wildman–Crippen MR) is 93.5 cm³/mol. The number of piperidine rings is 1. The molecule has 6 nitrogen and oxygen atoms in total. The van der Waals surface area contributed by atoms with Crippen molar-refractivity contribution in [2.75, 3.05) is 32.8 Å². The number of nitrogens with one attached hydrogen (secondary N) is 1. The quantitative estimate of drug-likeness (QED) is 0.802. The van der Waals surface area contributed by atoms with Gasteiger partial charge < -0.3 is 10.1 Å². The second-order valence-corrected chi connectivity index (χ2v) is 8.31. The van der Waals surface area contributed by atoms with E-state index in [9.17, 15) is 8.42 Å². The minimum absolute atomic E-state index is 0.109. The van der Waals surface area contributed by atoms with E-state index >= 15 is 0 Å². The van der Waals surface area contributed by atoms with Crippen molar-refractivity contribution in [1.82, 2.24) is 10.2 Å². The molecular formula is C17H27N3O3S. The van der Waals surface area contributed by atoms with Crippen LogP contribution in [0.25, 0.3) is 0 Å². The van der Waals surface area contributed by atoms with Gasteiger partial charge in [0.2, 0.25) is 10.0 Å². The molecule has 0 radical (unpaired) electrons. The highest BCUT2D eigenvalue weighted by atomic mass is 32.2. The van der Waals surface area contributed by atoms with Crippen LogP contribution in [0.4, 0.5) is 0 Å². The molecule has 2 heterocycles. The number of sulfonamides is 1. The minimum atomic E-state index is -3.64. The van der Waals surface area contributed by atoms with E-state index in [1.165, 1.54) is 44.4 Å². The fourth-order valence-corrected chi connectivity index (χ4v) is 4.23. The lowest BCUT2D eigenvalue weighted by Gasteiger charge is -2.34. The van der Waals surface area contributed by atoms with Crippen LogP contribution in [0.1, 0.15) is 25.7 Å². The summed E-state index contributed by atoms with van der Waals surface area (Å²) in [4.78, 5) is 2.56. The maximum Gasteiger partial charge on any atom is 0.238 e. The second kappa shape index (κ2) is 7.82. The molecule has 0 aliphatic carbocycles. The lowest BCUT2D eigenvalue weighted by molar-refractivity contribution is 0.141. The fraction of sp³-hybridized carbons (Fsp3) is 0.647. The lowest BCUT2D eigenvalue weighted by atomic mass is 9.88. The van der Waals surface area contributed by atoms with Crippen LogP contribution in [-0.4, -0.2) is 52.1 Å². The molecule has 134 valence electrons. The topological polar surface area (TPSA) is 84.7 Å². The van der Waals surface area contributed by atoms with Crippen LogP contribution in [0.5, 0.6) is 5.75 Å². The van der Waals surface area contributed by atoms with Crippen LogP contribution in [0.2, 0.25) is 0 Å². The van der Waals surface area contributed by atoms with Crippen LogP contribution >= 0.6 is 0 Å². The maximum atomic E-state index is 11.2. The Morgan fingerprint density at radius 1 is 1.17 bits per heavy atom. The van der Waals surface area contributed by atoms with Gasteiger partial charge in [-0.15, -0.1) is 0 Å².